The van der Waals surface area contributed by atoms with Crippen LogP contribution in [0.25, 0.3) is 137 Å². The van der Waals surface area contributed by atoms with Crippen molar-refractivity contribution in [1.29, 1.82) is 5.26 Å². The molecule has 0 fully saturated rings. The fourth-order valence-corrected chi connectivity index (χ4v) is 13.1. The molecule has 0 saturated heterocycles. The standard InChI is InChI=1S/C69H38F6N6/c70-68(71,72)40-33-35-61-50(37-40)48-23-7-15-31-59(48)80(61)65-63(77-53-25-9-1-17-42(53)43-18-2-10-26-54(43)77)52(39-76)64(78-55-27-11-3-19-44(55)45-20-4-12-28-56(45)78)66(67(65)79-57-29-13-5-21-46(57)47-22-6-14-30-58(47)79)81-60-32-16-8-24-49(60)51-38-41(69(73,74)75)34-36-62(51)81/h1-38H. The van der Waals surface area contributed by atoms with Gasteiger partial charge in [0, 0.05) is 53.9 Å². The monoisotopic (exact) mass is 1060 g/mol. The molecule has 0 radical (unpaired) electrons. The van der Waals surface area contributed by atoms with Crippen LogP contribution in [-0.2, 0) is 12.4 Å². The first-order chi connectivity index (χ1) is 39.5. The van der Waals surface area contributed by atoms with Gasteiger partial charge in [-0.25, -0.2) is 0 Å². The second-order valence-corrected chi connectivity index (χ2v) is 20.5. The lowest BCUT2D eigenvalue weighted by Gasteiger charge is -2.30. The maximum Gasteiger partial charge on any atom is 0.416 e. The van der Waals surface area contributed by atoms with Gasteiger partial charge in [0.2, 0.25) is 0 Å². The van der Waals surface area contributed by atoms with Crippen LogP contribution in [0.15, 0.2) is 231 Å². The van der Waals surface area contributed by atoms with Crippen molar-refractivity contribution in [3.63, 3.8) is 0 Å². The molecule has 0 atom stereocenters. The highest BCUT2D eigenvalue weighted by molar-refractivity contribution is 6.18. The van der Waals surface area contributed by atoms with Gasteiger partial charge in [0.15, 0.2) is 0 Å². The van der Waals surface area contributed by atoms with Crippen molar-refractivity contribution in [3.8, 4) is 34.5 Å². The molecule has 0 amide bonds. The third kappa shape index (κ3) is 6.45. The van der Waals surface area contributed by atoms with E-state index in [0.717, 1.165) is 77.6 Å². The maximum atomic E-state index is 15.1. The molecule has 0 spiro atoms. The van der Waals surface area contributed by atoms with Crippen LogP contribution in [0.3, 0.4) is 0 Å². The molecule has 11 aromatic carbocycles. The quantitative estimate of drug-likeness (QED) is 0.158. The van der Waals surface area contributed by atoms with Crippen molar-refractivity contribution in [1.82, 2.24) is 22.8 Å². The molecule has 81 heavy (non-hydrogen) atoms. The van der Waals surface area contributed by atoms with Crippen LogP contribution in [0.1, 0.15) is 16.7 Å². The first-order valence-electron chi connectivity index (χ1n) is 26.3. The largest absolute Gasteiger partial charge is 0.416 e. The average Bonchev–Trinajstić information content (AvgIpc) is 4.33. The Morgan fingerprint density at radius 2 is 0.444 bits per heavy atom. The first-order valence-corrected chi connectivity index (χ1v) is 26.3. The smallest absolute Gasteiger partial charge is 0.306 e. The fourth-order valence-electron chi connectivity index (χ4n) is 13.1. The Balaban J connectivity index is 1.29. The summed E-state index contributed by atoms with van der Waals surface area (Å²) >= 11 is 0. The lowest BCUT2D eigenvalue weighted by atomic mass is 10.0. The van der Waals surface area contributed by atoms with Gasteiger partial charge in [0.1, 0.15) is 11.6 Å². The molecule has 0 saturated carbocycles. The number of rotatable bonds is 5. The average molecular weight is 1070 g/mol. The van der Waals surface area contributed by atoms with E-state index >= 15 is 26.3 Å². The summed E-state index contributed by atoms with van der Waals surface area (Å²) in [6.07, 6.45) is -9.37. The van der Waals surface area contributed by atoms with E-state index in [1.165, 1.54) is 24.3 Å². The molecule has 16 rings (SSSR count). The number of para-hydroxylation sites is 8. The molecule has 0 N–H and O–H groups in total. The molecule has 0 aliphatic carbocycles. The number of fused-ring (bicyclic) bond motifs is 15. The van der Waals surface area contributed by atoms with Gasteiger partial charge in [-0.15, -0.1) is 0 Å². The number of halogens is 6. The number of benzene rings is 11. The lowest BCUT2D eigenvalue weighted by Crippen LogP contribution is -2.19. The van der Waals surface area contributed by atoms with Crippen LogP contribution in [0.5, 0.6) is 0 Å². The van der Waals surface area contributed by atoms with Crippen LogP contribution in [0.4, 0.5) is 26.3 Å². The molecule has 5 heterocycles. The van der Waals surface area contributed by atoms with Gasteiger partial charge in [-0.05, 0) is 84.9 Å². The summed E-state index contributed by atoms with van der Waals surface area (Å²) in [4.78, 5) is 0. The van der Waals surface area contributed by atoms with E-state index in [4.69, 9.17) is 0 Å². The molecule has 0 bridgehead atoms. The summed E-state index contributed by atoms with van der Waals surface area (Å²) in [5.74, 6) is 0. The topological polar surface area (TPSA) is 48.4 Å². The summed E-state index contributed by atoms with van der Waals surface area (Å²) in [6.45, 7) is 0. The van der Waals surface area contributed by atoms with E-state index in [-0.39, 0.29) is 5.56 Å². The molecular formula is C69H38F6N6. The Hall–Kier alpha value is -10.5. The van der Waals surface area contributed by atoms with Crippen molar-refractivity contribution in [3.05, 3.63) is 247 Å². The van der Waals surface area contributed by atoms with Crippen LogP contribution in [0, 0.1) is 11.3 Å². The van der Waals surface area contributed by atoms with Gasteiger partial charge in [-0.2, -0.15) is 31.6 Å². The van der Waals surface area contributed by atoms with Gasteiger partial charge in [-0.1, -0.05) is 146 Å². The highest BCUT2D eigenvalue weighted by Crippen LogP contribution is 2.52. The molecule has 5 aromatic heterocycles. The Labute approximate surface area is 455 Å². The van der Waals surface area contributed by atoms with E-state index in [1.807, 2.05) is 179 Å². The van der Waals surface area contributed by atoms with Crippen LogP contribution in [-0.4, -0.2) is 22.8 Å². The number of nitrogens with zero attached hydrogens (tertiary/aromatic N) is 6. The Morgan fingerprint density at radius 3 is 0.679 bits per heavy atom. The minimum atomic E-state index is -4.69. The second-order valence-electron chi connectivity index (χ2n) is 20.5. The highest BCUT2D eigenvalue weighted by Gasteiger charge is 2.38. The van der Waals surface area contributed by atoms with Crippen molar-refractivity contribution in [2.75, 3.05) is 0 Å². The zero-order chi connectivity index (χ0) is 54.6. The van der Waals surface area contributed by atoms with Crippen molar-refractivity contribution in [2.24, 2.45) is 0 Å². The molecule has 16 aromatic rings. The second kappa shape index (κ2) is 16.8. The number of hydrogen-bond acceptors (Lipinski definition) is 1. The SMILES string of the molecule is N#Cc1c(-n2c3ccccc3c3ccccc32)c(-n2c3ccccc3c3cc(C(F)(F)F)ccc32)c(-n2c3ccccc3c3ccccc32)c(-n2c3ccccc3c3cc(C(F)(F)F)ccc32)c1-n1c2ccccc2c2ccccc21. The van der Waals surface area contributed by atoms with Gasteiger partial charge in [0.05, 0.1) is 94.7 Å². The zero-order valence-electron chi connectivity index (χ0n) is 42.4. The number of nitriles is 1. The minimum Gasteiger partial charge on any atom is -0.306 e. The van der Waals surface area contributed by atoms with Gasteiger partial charge in [-0.3, -0.25) is 0 Å². The first kappa shape index (κ1) is 46.6. The van der Waals surface area contributed by atoms with E-state index in [0.29, 0.717) is 72.0 Å². The van der Waals surface area contributed by atoms with Crippen LogP contribution < -0.4 is 0 Å². The third-order valence-corrected chi connectivity index (χ3v) is 16.3. The number of alkyl halides is 6. The van der Waals surface area contributed by atoms with E-state index < -0.39 is 23.5 Å². The fraction of sp³-hybridized carbons (Fsp3) is 0.0290. The van der Waals surface area contributed by atoms with Gasteiger partial charge >= 0.3 is 12.4 Å². The summed E-state index contributed by atoms with van der Waals surface area (Å²) in [5.41, 5.74) is 7.15. The lowest BCUT2D eigenvalue weighted by molar-refractivity contribution is -0.138. The number of aromatic nitrogens is 5. The summed E-state index contributed by atoms with van der Waals surface area (Å²) < 4.78 is 101. The maximum absolute atomic E-state index is 15.1. The normalized spacial score (nSPS) is 12.6. The Bertz CT molecular complexity index is 4990. The van der Waals surface area contributed by atoms with Gasteiger partial charge < -0.3 is 22.8 Å². The van der Waals surface area contributed by atoms with E-state index in [9.17, 15) is 5.26 Å². The predicted molar refractivity (Wildman–Crippen MR) is 313 cm³/mol. The Kier molecular flexibility index (Phi) is 9.63. The minimum absolute atomic E-state index is 0.179. The Morgan fingerprint density at radius 1 is 0.247 bits per heavy atom. The van der Waals surface area contributed by atoms with E-state index in [2.05, 4.69) is 31.9 Å². The van der Waals surface area contributed by atoms with Crippen molar-refractivity contribution < 1.29 is 26.3 Å². The number of hydrogen-bond donors (Lipinski definition) is 0. The summed E-state index contributed by atoms with van der Waals surface area (Å²) in [6, 6.07) is 73.1. The molecule has 12 heteroatoms. The van der Waals surface area contributed by atoms with Crippen molar-refractivity contribution >= 4 is 109 Å². The highest BCUT2D eigenvalue weighted by atomic mass is 19.4. The summed E-state index contributed by atoms with van der Waals surface area (Å²) in [5, 5.41) is 19.9. The molecular weight excluding hydrogens is 1030 g/mol. The molecule has 0 aliphatic rings. The molecule has 6 nitrogen and oxygen atoms in total. The molecule has 0 aliphatic heterocycles. The molecule has 0 unspecified atom stereocenters. The van der Waals surface area contributed by atoms with Gasteiger partial charge in [0.25, 0.3) is 0 Å². The third-order valence-electron chi connectivity index (χ3n) is 16.3. The van der Waals surface area contributed by atoms with Crippen LogP contribution in [0.2, 0.25) is 0 Å². The van der Waals surface area contributed by atoms with Crippen molar-refractivity contribution in [2.45, 2.75) is 12.4 Å². The molecule has 386 valence electrons. The van der Waals surface area contributed by atoms with Crippen LogP contribution >= 0.6 is 0 Å². The predicted octanol–water partition coefficient (Wildman–Crippen LogP) is 19.1. The zero-order valence-corrected chi connectivity index (χ0v) is 42.4. The summed E-state index contributed by atoms with van der Waals surface area (Å²) in [7, 11) is 0. The van der Waals surface area contributed by atoms with E-state index in [1.54, 1.807) is 12.1 Å².